The smallest absolute Gasteiger partial charge is 0.314 e. The van der Waals surface area contributed by atoms with Gasteiger partial charge in [0.2, 0.25) is 0 Å². The van der Waals surface area contributed by atoms with Crippen LogP contribution in [0.2, 0.25) is 0 Å². The first kappa shape index (κ1) is 16.5. The van der Waals surface area contributed by atoms with E-state index in [9.17, 15) is 18.0 Å². The van der Waals surface area contributed by atoms with Gasteiger partial charge in [-0.3, -0.25) is 14.2 Å². The average molecular weight is 345 g/mol. The molecule has 1 aromatic rings. The standard InChI is InChI=1S/C13H13ClN2O5S/c1-8-2-4-9(5-3-8)11(17)7-16-6-10(14)12(15-13(16)18)22(19,20)21/h2-6,12H,7H2,1H3,(H,15,18)(H,19,20,21). The van der Waals surface area contributed by atoms with Crippen molar-refractivity contribution in [2.75, 3.05) is 6.54 Å². The van der Waals surface area contributed by atoms with Crippen molar-refractivity contribution >= 4 is 33.5 Å². The molecule has 0 radical (unpaired) electrons. The minimum atomic E-state index is -4.56. The molecule has 22 heavy (non-hydrogen) atoms. The van der Waals surface area contributed by atoms with Gasteiger partial charge in [0.1, 0.15) is 0 Å². The highest BCUT2D eigenvalue weighted by atomic mass is 35.5. The van der Waals surface area contributed by atoms with Crippen LogP contribution in [0.25, 0.3) is 0 Å². The first-order valence-corrected chi connectivity index (χ1v) is 8.07. The van der Waals surface area contributed by atoms with Crippen molar-refractivity contribution in [3.63, 3.8) is 0 Å². The predicted octanol–water partition coefficient (Wildman–Crippen LogP) is 1.50. The normalized spacial score (nSPS) is 18.7. The molecule has 0 saturated carbocycles. The van der Waals surface area contributed by atoms with Crippen LogP contribution in [-0.2, 0) is 10.1 Å². The summed E-state index contributed by atoms with van der Waals surface area (Å²) in [6.45, 7) is 1.58. The van der Waals surface area contributed by atoms with Crippen LogP contribution in [0, 0.1) is 6.92 Å². The third-order valence-corrected chi connectivity index (χ3v) is 4.44. The van der Waals surface area contributed by atoms with E-state index >= 15 is 0 Å². The Morgan fingerprint density at radius 2 is 1.95 bits per heavy atom. The maximum atomic E-state index is 12.1. The van der Waals surface area contributed by atoms with Crippen LogP contribution < -0.4 is 5.32 Å². The predicted molar refractivity (Wildman–Crippen MR) is 80.0 cm³/mol. The van der Waals surface area contributed by atoms with Gasteiger partial charge < -0.3 is 5.32 Å². The molecule has 0 fully saturated rings. The number of urea groups is 1. The number of benzene rings is 1. The topological polar surface area (TPSA) is 104 Å². The van der Waals surface area contributed by atoms with E-state index in [1.165, 1.54) is 0 Å². The summed E-state index contributed by atoms with van der Waals surface area (Å²) >= 11 is 5.73. The number of hydrogen-bond acceptors (Lipinski definition) is 4. The molecule has 2 rings (SSSR count). The molecule has 2 amide bonds. The summed E-state index contributed by atoms with van der Waals surface area (Å²) in [7, 11) is -4.56. The summed E-state index contributed by atoms with van der Waals surface area (Å²) in [5.74, 6) is -0.332. The number of halogens is 1. The SMILES string of the molecule is Cc1ccc(C(=O)CN2C=C(Cl)C(S(=O)(=O)O)NC2=O)cc1. The minimum Gasteiger partial charge on any atom is -0.314 e. The zero-order chi connectivity index (χ0) is 16.5. The first-order valence-electron chi connectivity index (χ1n) is 6.19. The number of hydrogen-bond donors (Lipinski definition) is 2. The summed E-state index contributed by atoms with van der Waals surface area (Å²) in [4.78, 5) is 24.8. The lowest BCUT2D eigenvalue weighted by molar-refractivity contribution is 0.0960. The monoisotopic (exact) mass is 344 g/mol. The number of carbonyl (C=O) groups excluding carboxylic acids is 2. The average Bonchev–Trinajstić information content (AvgIpc) is 2.42. The molecular formula is C13H13ClN2O5S. The molecule has 7 nitrogen and oxygen atoms in total. The Morgan fingerprint density at radius 3 is 2.50 bits per heavy atom. The van der Waals surface area contributed by atoms with Gasteiger partial charge >= 0.3 is 6.03 Å². The third kappa shape index (κ3) is 3.65. The molecule has 1 heterocycles. The van der Waals surface area contributed by atoms with Gasteiger partial charge in [-0.1, -0.05) is 41.4 Å². The highest BCUT2D eigenvalue weighted by molar-refractivity contribution is 7.86. The lowest BCUT2D eigenvalue weighted by Crippen LogP contribution is -2.51. The van der Waals surface area contributed by atoms with Crippen molar-refractivity contribution in [3.8, 4) is 0 Å². The number of aryl methyl sites for hydroxylation is 1. The van der Waals surface area contributed by atoms with E-state index in [2.05, 4.69) is 0 Å². The number of Topliss-reactive ketones (excluding diaryl/α,β-unsaturated/α-hetero) is 1. The zero-order valence-corrected chi connectivity index (χ0v) is 13.1. The Bertz CT molecular complexity index is 742. The summed E-state index contributed by atoms with van der Waals surface area (Å²) in [5.41, 5.74) is 1.41. The van der Waals surface area contributed by atoms with Gasteiger partial charge in [-0.2, -0.15) is 8.42 Å². The molecule has 1 aromatic carbocycles. The van der Waals surface area contributed by atoms with Gasteiger partial charge in [0, 0.05) is 11.8 Å². The summed E-state index contributed by atoms with van der Waals surface area (Å²) < 4.78 is 31.1. The van der Waals surface area contributed by atoms with Crippen molar-refractivity contribution in [2.45, 2.75) is 12.3 Å². The van der Waals surface area contributed by atoms with Crippen molar-refractivity contribution < 1.29 is 22.6 Å². The molecule has 0 spiro atoms. The highest BCUT2D eigenvalue weighted by Gasteiger charge is 2.34. The van der Waals surface area contributed by atoms with Gasteiger partial charge in [-0.15, -0.1) is 0 Å². The third-order valence-electron chi connectivity index (χ3n) is 3.03. The molecule has 9 heteroatoms. The fraction of sp³-hybridized carbons (Fsp3) is 0.231. The Balaban J connectivity index is 2.17. The van der Waals surface area contributed by atoms with Crippen molar-refractivity contribution in [3.05, 3.63) is 46.6 Å². The highest BCUT2D eigenvalue weighted by Crippen LogP contribution is 2.19. The number of rotatable bonds is 4. The Labute approximate surface area is 132 Å². The van der Waals surface area contributed by atoms with Gasteiger partial charge in [0.05, 0.1) is 11.6 Å². The Hall–Kier alpha value is -1.90. The number of nitrogens with one attached hydrogen (secondary N) is 1. The van der Waals surface area contributed by atoms with E-state index in [1.54, 1.807) is 24.3 Å². The Kier molecular flexibility index (Phi) is 4.55. The number of ketones is 1. The van der Waals surface area contributed by atoms with Crippen molar-refractivity contribution in [1.82, 2.24) is 10.2 Å². The molecule has 0 aromatic heterocycles. The van der Waals surface area contributed by atoms with E-state index in [-0.39, 0.29) is 17.4 Å². The quantitative estimate of drug-likeness (QED) is 0.636. The number of amides is 2. The molecule has 1 aliphatic rings. The molecule has 0 aliphatic carbocycles. The molecule has 118 valence electrons. The second kappa shape index (κ2) is 6.07. The van der Waals surface area contributed by atoms with Crippen LogP contribution in [0.15, 0.2) is 35.5 Å². The summed E-state index contributed by atoms with van der Waals surface area (Å²) in [5, 5.41) is -0.00335. The Morgan fingerprint density at radius 1 is 1.36 bits per heavy atom. The molecule has 2 N–H and O–H groups in total. The molecule has 1 unspecified atom stereocenters. The van der Waals surface area contributed by atoms with E-state index in [1.807, 2.05) is 12.2 Å². The van der Waals surface area contributed by atoms with Crippen molar-refractivity contribution in [2.24, 2.45) is 0 Å². The van der Waals surface area contributed by atoms with Gasteiger partial charge in [-0.05, 0) is 6.92 Å². The number of carbonyl (C=O) groups is 2. The molecule has 1 atom stereocenters. The maximum Gasteiger partial charge on any atom is 0.323 e. The molecule has 1 aliphatic heterocycles. The molecule has 0 bridgehead atoms. The molecule has 0 saturated heterocycles. The van der Waals surface area contributed by atoms with Crippen LogP contribution in [0.3, 0.4) is 0 Å². The number of nitrogens with zero attached hydrogens (tertiary/aromatic N) is 1. The summed E-state index contributed by atoms with van der Waals surface area (Å²) in [6.07, 6.45) is 1.02. The van der Waals surface area contributed by atoms with Crippen molar-refractivity contribution in [1.29, 1.82) is 0 Å². The van der Waals surface area contributed by atoms with Crippen LogP contribution >= 0.6 is 11.6 Å². The van der Waals surface area contributed by atoms with Crippen LogP contribution in [0.1, 0.15) is 15.9 Å². The van der Waals surface area contributed by atoms with Crippen LogP contribution in [0.5, 0.6) is 0 Å². The lowest BCUT2D eigenvalue weighted by atomic mass is 10.1. The van der Waals surface area contributed by atoms with E-state index in [4.69, 9.17) is 16.2 Å². The first-order chi connectivity index (χ1) is 10.2. The minimum absolute atomic E-state index is 0.302. The fourth-order valence-electron chi connectivity index (χ4n) is 1.86. The molecular weight excluding hydrogens is 332 g/mol. The second-order valence-electron chi connectivity index (χ2n) is 4.78. The lowest BCUT2D eigenvalue weighted by Gasteiger charge is -2.27. The summed E-state index contributed by atoms with van der Waals surface area (Å²) in [6, 6.07) is 5.95. The fourth-order valence-corrected chi connectivity index (χ4v) is 2.96. The van der Waals surface area contributed by atoms with Gasteiger partial charge in [0.25, 0.3) is 10.1 Å². The van der Waals surface area contributed by atoms with E-state index in [0.717, 1.165) is 16.7 Å². The van der Waals surface area contributed by atoms with E-state index < -0.39 is 21.5 Å². The second-order valence-corrected chi connectivity index (χ2v) is 6.71. The maximum absolute atomic E-state index is 12.1. The van der Waals surface area contributed by atoms with Gasteiger partial charge in [-0.25, -0.2) is 4.79 Å². The zero-order valence-electron chi connectivity index (χ0n) is 11.5. The largest absolute Gasteiger partial charge is 0.323 e. The van der Waals surface area contributed by atoms with Crippen LogP contribution in [-0.4, -0.2) is 41.6 Å². The van der Waals surface area contributed by atoms with Crippen LogP contribution in [0.4, 0.5) is 4.79 Å². The van der Waals surface area contributed by atoms with Gasteiger partial charge in [0.15, 0.2) is 11.2 Å². The van der Waals surface area contributed by atoms with E-state index in [0.29, 0.717) is 5.56 Å².